The average Bonchev–Trinajstić information content (AvgIpc) is 2.91. The van der Waals surface area contributed by atoms with E-state index in [1.807, 2.05) is 62.1 Å². The summed E-state index contributed by atoms with van der Waals surface area (Å²) in [5.74, 6) is 0.381. The Morgan fingerprint density at radius 1 is 1.13 bits per heavy atom. The molecular weight excluding hydrogens is 481 g/mol. The number of aromatic nitrogens is 1. The fraction of sp³-hybridized carbons (Fsp3) is 0.387. The van der Waals surface area contributed by atoms with E-state index >= 15 is 0 Å². The maximum Gasteiger partial charge on any atom is 0.261 e. The highest BCUT2D eigenvalue weighted by Crippen LogP contribution is 2.38. The van der Waals surface area contributed by atoms with Crippen molar-refractivity contribution in [3.63, 3.8) is 0 Å². The third-order valence-corrected chi connectivity index (χ3v) is 6.78. The molecule has 0 unspecified atom stereocenters. The van der Waals surface area contributed by atoms with Crippen LogP contribution < -0.4 is 10.1 Å². The van der Waals surface area contributed by atoms with E-state index in [1.54, 1.807) is 18.3 Å². The summed E-state index contributed by atoms with van der Waals surface area (Å²) in [7, 11) is 0. The Morgan fingerprint density at radius 3 is 2.61 bits per heavy atom. The number of ether oxygens (including phenoxy) is 1. The van der Waals surface area contributed by atoms with Gasteiger partial charge in [0.2, 0.25) is 5.91 Å². The Morgan fingerprint density at radius 2 is 1.92 bits per heavy atom. The van der Waals surface area contributed by atoms with E-state index in [0.29, 0.717) is 38.1 Å². The fourth-order valence-corrected chi connectivity index (χ4v) is 4.87. The normalized spacial score (nSPS) is 15.6. The molecule has 0 saturated heterocycles. The molecule has 3 aromatic rings. The number of hydrogen-bond donors (Lipinski definition) is 1. The van der Waals surface area contributed by atoms with Gasteiger partial charge in [-0.15, -0.1) is 0 Å². The van der Waals surface area contributed by atoms with Crippen LogP contribution in [0.4, 0.5) is 4.39 Å². The van der Waals surface area contributed by atoms with E-state index in [1.165, 1.54) is 12.1 Å². The SMILES string of the molecule is CC[C@@H](Oc1ccc2c(c1)[C@@H](c1ccc(F)cc1)N(C(=O)CC(C)C)CC2)C(=O)NCCc1ccccn1. The Balaban J connectivity index is 1.54. The lowest BCUT2D eigenvalue weighted by Crippen LogP contribution is -2.41. The molecule has 0 saturated carbocycles. The third kappa shape index (κ3) is 6.77. The molecule has 200 valence electrons. The van der Waals surface area contributed by atoms with Crippen molar-refractivity contribution in [1.29, 1.82) is 0 Å². The van der Waals surface area contributed by atoms with Gasteiger partial charge in [0, 0.05) is 37.8 Å². The predicted molar refractivity (Wildman–Crippen MR) is 145 cm³/mol. The second-order valence-corrected chi connectivity index (χ2v) is 10.1. The van der Waals surface area contributed by atoms with Crippen LogP contribution in [0.3, 0.4) is 0 Å². The molecule has 0 bridgehead atoms. The number of hydrogen-bond acceptors (Lipinski definition) is 4. The standard InChI is InChI=1S/C31H36FN3O3/c1-4-28(31(37)34-17-14-25-7-5-6-16-33-25)38-26-13-10-22-15-18-35(29(36)19-21(2)3)30(27(22)20-26)23-8-11-24(32)12-9-23/h5-13,16,20-21,28,30H,4,14-15,17-19H2,1-3H3,(H,34,37)/t28-,30-/m1/s1. The molecule has 1 N–H and O–H groups in total. The zero-order valence-corrected chi connectivity index (χ0v) is 22.3. The van der Waals surface area contributed by atoms with Crippen molar-refractivity contribution in [3.05, 3.63) is 95.1 Å². The molecule has 1 aromatic heterocycles. The van der Waals surface area contributed by atoms with Crippen molar-refractivity contribution >= 4 is 11.8 Å². The number of amides is 2. The van der Waals surface area contributed by atoms with Gasteiger partial charge in [0.05, 0.1) is 6.04 Å². The number of halogens is 1. The molecule has 2 heterocycles. The summed E-state index contributed by atoms with van der Waals surface area (Å²) in [6.07, 6.45) is 3.40. The summed E-state index contributed by atoms with van der Waals surface area (Å²) in [6, 6.07) is 17.5. The summed E-state index contributed by atoms with van der Waals surface area (Å²) in [4.78, 5) is 32.3. The van der Waals surface area contributed by atoms with Gasteiger partial charge < -0.3 is 15.0 Å². The third-order valence-electron chi connectivity index (χ3n) is 6.78. The fourth-order valence-electron chi connectivity index (χ4n) is 4.87. The van der Waals surface area contributed by atoms with Crippen molar-refractivity contribution in [2.24, 2.45) is 5.92 Å². The van der Waals surface area contributed by atoms with E-state index < -0.39 is 6.10 Å². The number of rotatable bonds is 10. The minimum Gasteiger partial charge on any atom is -0.481 e. The zero-order chi connectivity index (χ0) is 27.1. The Kier molecular flexibility index (Phi) is 9.10. The smallest absolute Gasteiger partial charge is 0.261 e. The second-order valence-electron chi connectivity index (χ2n) is 10.1. The van der Waals surface area contributed by atoms with Crippen LogP contribution in [0.25, 0.3) is 0 Å². The molecule has 2 atom stereocenters. The van der Waals surface area contributed by atoms with Crippen LogP contribution in [-0.4, -0.2) is 40.9 Å². The number of fused-ring (bicyclic) bond motifs is 1. The first-order valence-corrected chi connectivity index (χ1v) is 13.4. The molecule has 2 aromatic carbocycles. The summed E-state index contributed by atoms with van der Waals surface area (Å²) < 4.78 is 19.9. The number of carbonyl (C=O) groups is 2. The maximum atomic E-state index is 13.7. The van der Waals surface area contributed by atoms with Gasteiger partial charge in [0.15, 0.2) is 6.10 Å². The van der Waals surface area contributed by atoms with Crippen molar-refractivity contribution in [1.82, 2.24) is 15.2 Å². The van der Waals surface area contributed by atoms with Gasteiger partial charge in [-0.25, -0.2) is 4.39 Å². The molecule has 0 radical (unpaired) electrons. The number of benzene rings is 2. The lowest BCUT2D eigenvalue weighted by Gasteiger charge is -2.38. The average molecular weight is 518 g/mol. The van der Waals surface area contributed by atoms with Crippen LogP contribution in [0.1, 0.15) is 62.0 Å². The summed E-state index contributed by atoms with van der Waals surface area (Å²) in [6.45, 7) is 7.04. The predicted octanol–water partition coefficient (Wildman–Crippen LogP) is 5.26. The Bertz CT molecular complexity index is 1230. The highest BCUT2D eigenvalue weighted by molar-refractivity contribution is 5.81. The van der Waals surface area contributed by atoms with Gasteiger partial charge in [0.1, 0.15) is 11.6 Å². The van der Waals surface area contributed by atoms with Gasteiger partial charge in [-0.1, -0.05) is 45.0 Å². The molecule has 0 fully saturated rings. The van der Waals surface area contributed by atoms with Crippen molar-refractivity contribution in [2.45, 2.75) is 58.6 Å². The molecule has 1 aliphatic rings. The Hall–Kier alpha value is -3.74. The first-order chi connectivity index (χ1) is 18.4. The summed E-state index contributed by atoms with van der Waals surface area (Å²) >= 11 is 0. The number of pyridine rings is 1. The number of nitrogens with zero attached hydrogens (tertiary/aromatic N) is 2. The first kappa shape index (κ1) is 27.3. The maximum absolute atomic E-state index is 13.7. The quantitative estimate of drug-likeness (QED) is 0.398. The van der Waals surface area contributed by atoms with Gasteiger partial charge in [-0.05, 0) is 71.8 Å². The molecule has 2 amide bonds. The first-order valence-electron chi connectivity index (χ1n) is 13.4. The van der Waals surface area contributed by atoms with E-state index in [2.05, 4.69) is 10.3 Å². The molecule has 1 aliphatic heterocycles. The van der Waals surface area contributed by atoms with Crippen LogP contribution in [0.15, 0.2) is 66.9 Å². The molecule has 6 nitrogen and oxygen atoms in total. The van der Waals surface area contributed by atoms with E-state index in [-0.39, 0.29) is 29.6 Å². The van der Waals surface area contributed by atoms with Gasteiger partial charge in [-0.2, -0.15) is 0 Å². The van der Waals surface area contributed by atoms with Crippen LogP contribution in [0, 0.1) is 11.7 Å². The molecule has 38 heavy (non-hydrogen) atoms. The van der Waals surface area contributed by atoms with E-state index in [4.69, 9.17) is 4.74 Å². The Labute approximate surface area is 224 Å². The highest BCUT2D eigenvalue weighted by atomic mass is 19.1. The lowest BCUT2D eigenvalue weighted by molar-refractivity contribution is -0.134. The number of carbonyl (C=O) groups excluding carboxylic acids is 2. The van der Waals surface area contributed by atoms with Crippen LogP contribution >= 0.6 is 0 Å². The van der Waals surface area contributed by atoms with Gasteiger partial charge in [-0.3, -0.25) is 14.6 Å². The minimum atomic E-state index is -0.650. The zero-order valence-electron chi connectivity index (χ0n) is 22.3. The van der Waals surface area contributed by atoms with Gasteiger partial charge in [0.25, 0.3) is 5.91 Å². The van der Waals surface area contributed by atoms with Crippen LogP contribution in [0.5, 0.6) is 5.75 Å². The summed E-state index contributed by atoms with van der Waals surface area (Å²) in [5, 5.41) is 2.95. The van der Waals surface area contributed by atoms with Crippen LogP contribution in [0.2, 0.25) is 0 Å². The molecular formula is C31H36FN3O3. The second kappa shape index (κ2) is 12.7. The molecule has 0 aliphatic carbocycles. The topological polar surface area (TPSA) is 71.5 Å². The van der Waals surface area contributed by atoms with Gasteiger partial charge >= 0.3 is 0 Å². The monoisotopic (exact) mass is 517 g/mol. The largest absolute Gasteiger partial charge is 0.481 e. The van der Waals surface area contributed by atoms with Crippen molar-refractivity contribution < 1.29 is 18.7 Å². The number of nitrogens with one attached hydrogen (secondary N) is 1. The highest BCUT2D eigenvalue weighted by Gasteiger charge is 2.33. The summed E-state index contributed by atoms with van der Waals surface area (Å²) in [5.41, 5.74) is 3.83. The van der Waals surface area contributed by atoms with E-state index in [9.17, 15) is 14.0 Å². The lowest BCUT2D eigenvalue weighted by atomic mass is 9.87. The van der Waals surface area contributed by atoms with Crippen molar-refractivity contribution in [2.75, 3.05) is 13.1 Å². The van der Waals surface area contributed by atoms with Crippen LogP contribution in [-0.2, 0) is 22.4 Å². The molecule has 4 rings (SSSR count). The van der Waals surface area contributed by atoms with E-state index in [0.717, 1.165) is 28.8 Å². The minimum absolute atomic E-state index is 0.0741. The van der Waals surface area contributed by atoms with Crippen molar-refractivity contribution in [3.8, 4) is 5.75 Å². The molecule has 7 heteroatoms. The molecule has 0 spiro atoms.